The molecule has 4 nitrogen and oxygen atoms in total. The Morgan fingerprint density at radius 1 is 1.67 bits per heavy atom. The number of aromatic nitrogens is 1. The second kappa shape index (κ2) is 5.19. The first-order valence-electron chi connectivity index (χ1n) is 3.13. The van der Waals surface area contributed by atoms with E-state index in [9.17, 15) is 4.79 Å². The number of hydrogen-bond acceptors (Lipinski definition) is 3. The van der Waals surface area contributed by atoms with Gasteiger partial charge in [-0.1, -0.05) is 0 Å². The molecular formula is C6H9N3OSV. The number of carbonyl (C=O) groups is 1. The van der Waals surface area contributed by atoms with E-state index in [0.717, 1.165) is 5.01 Å². The number of urea groups is 1. The van der Waals surface area contributed by atoms with Gasteiger partial charge in [-0.05, 0) is 6.92 Å². The van der Waals surface area contributed by atoms with Gasteiger partial charge in [-0.3, -0.25) is 5.32 Å². The minimum atomic E-state index is -0.240. The van der Waals surface area contributed by atoms with Crippen LogP contribution in [0.1, 0.15) is 5.01 Å². The first-order valence-corrected chi connectivity index (χ1v) is 4.01. The number of nitrogens with zero attached hydrogens (tertiary/aromatic N) is 1. The van der Waals surface area contributed by atoms with Crippen molar-refractivity contribution in [2.75, 3.05) is 12.4 Å². The number of hydrogen-bond donors (Lipinski definition) is 2. The van der Waals surface area contributed by atoms with Crippen LogP contribution >= 0.6 is 11.3 Å². The van der Waals surface area contributed by atoms with Crippen LogP contribution in [-0.2, 0) is 18.6 Å². The van der Waals surface area contributed by atoms with Gasteiger partial charge in [0.05, 0.1) is 5.01 Å². The maximum atomic E-state index is 10.7. The van der Waals surface area contributed by atoms with Gasteiger partial charge in [0.1, 0.15) is 5.82 Å². The molecule has 0 saturated heterocycles. The zero-order valence-corrected chi connectivity index (χ0v) is 9.00. The summed E-state index contributed by atoms with van der Waals surface area (Å²) in [6.45, 7) is 1.89. The molecule has 0 aliphatic rings. The van der Waals surface area contributed by atoms with Gasteiger partial charge in [-0.2, -0.15) is 0 Å². The Hall–Kier alpha value is -0.516. The average molecular weight is 222 g/mol. The van der Waals surface area contributed by atoms with Crippen LogP contribution in [0.5, 0.6) is 0 Å². The first-order chi connectivity index (χ1) is 5.22. The van der Waals surface area contributed by atoms with Gasteiger partial charge >= 0.3 is 6.03 Å². The van der Waals surface area contributed by atoms with E-state index in [0.29, 0.717) is 5.82 Å². The van der Waals surface area contributed by atoms with Crippen LogP contribution in [0.2, 0.25) is 0 Å². The maximum absolute atomic E-state index is 10.7. The van der Waals surface area contributed by atoms with Gasteiger partial charge in [0, 0.05) is 31.0 Å². The SMILES string of the molecule is CNC(=O)Nc1csc(C)n1.[V]. The average Bonchev–Trinajstić information content (AvgIpc) is 2.35. The summed E-state index contributed by atoms with van der Waals surface area (Å²) in [5.41, 5.74) is 0. The second-order valence-electron chi connectivity index (χ2n) is 1.96. The Balaban J connectivity index is 0.00000121. The zero-order chi connectivity index (χ0) is 8.27. The summed E-state index contributed by atoms with van der Waals surface area (Å²) in [4.78, 5) is 14.8. The molecule has 1 aromatic heterocycles. The van der Waals surface area contributed by atoms with E-state index in [1.807, 2.05) is 6.92 Å². The predicted octanol–water partition coefficient (Wildman–Crippen LogP) is 1.20. The van der Waals surface area contributed by atoms with Crippen molar-refractivity contribution in [2.24, 2.45) is 0 Å². The topological polar surface area (TPSA) is 54.0 Å². The fraction of sp³-hybridized carbons (Fsp3) is 0.333. The molecule has 0 aliphatic heterocycles. The fourth-order valence-electron chi connectivity index (χ4n) is 0.600. The summed E-state index contributed by atoms with van der Waals surface area (Å²) in [5, 5.41) is 7.74. The summed E-state index contributed by atoms with van der Waals surface area (Å²) in [6.07, 6.45) is 0. The Labute approximate surface area is 86.7 Å². The van der Waals surface area contributed by atoms with Crippen molar-refractivity contribution < 1.29 is 23.4 Å². The van der Waals surface area contributed by atoms with Gasteiger partial charge < -0.3 is 5.32 Å². The Morgan fingerprint density at radius 3 is 2.75 bits per heavy atom. The van der Waals surface area contributed by atoms with Crippen molar-refractivity contribution in [1.82, 2.24) is 10.3 Å². The molecule has 0 fully saturated rings. The number of aryl methyl sites for hydroxylation is 1. The van der Waals surface area contributed by atoms with Crippen molar-refractivity contribution in [1.29, 1.82) is 0 Å². The molecule has 1 radical (unpaired) electrons. The molecular weight excluding hydrogens is 213 g/mol. The number of amides is 2. The van der Waals surface area contributed by atoms with E-state index in [1.54, 1.807) is 12.4 Å². The monoisotopic (exact) mass is 222 g/mol. The van der Waals surface area contributed by atoms with E-state index in [4.69, 9.17) is 0 Å². The van der Waals surface area contributed by atoms with E-state index >= 15 is 0 Å². The van der Waals surface area contributed by atoms with Gasteiger partial charge in [0.25, 0.3) is 0 Å². The summed E-state index contributed by atoms with van der Waals surface area (Å²) in [5.74, 6) is 0.604. The molecule has 65 valence electrons. The summed E-state index contributed by atoms with van der Waals surface area (Å²) in [6, 6.07) is -0.240. The third-order valence-corrected chi connectivity index (χ3v) is 1.86. The minimum Gasteiger partial charge on any atom is -0.341 e. The van der Waals surface area contributed by atoms with Crippen LogP contribution in [-0.4, -0.2) is 18.1 Å². The Kier molecular flexibility index (Phi) is 4.96. The van der Waals surface area contributed by atoms with Crippen molar-refractivity contribution in [3.63, 3.8) is 0 Å². The van der Waals surface area contributed by atoms with Crippen molar-refractivity contribution in [3.8, 4) is 0 Å². The van der Waals surface area contributed by atoms with Crippen molar-refractivity contribution in [2.45, 2.75) is 6.92 Å². The van der Waals surface area contributed by atoms with E-state index < -0.39 is 0 Å². The van der Waals surface area contributed by atoms with Crippen LogP contribution in [0.25, 0.3) is 0 Å². The van der Waals surface area contributed by atoms with Gasteiger partial charge in [-0.15, -0.1) is 11.3 Å². The van der Waals surface area contributed by atoms with Crippen LogP contribution in [0, 0.1) is 6.92 Å². The molecule has 0 atom stereocenters. The third kappa shape index (κ3) is 3.25. The molecule has 1 heterocycles. The molecule has 2 N–H and O–H groups in total. The predicted molar refractivity (Wildman–Crippen MR) is 44.9 cm³/mol. The molecule has 0 bridgehead atoms. The molecule has 0 aliphatic carbocycles. The van der Waals surface area contributed by atoms with Gasteiger partial charge in [0.2, 0.25) is 0 Å². The molecule has 2 amide bonds. The number of anilines is 1. The summed E-state index contributed by atoms with van der Waals surface area (Å²) < 4.78 is 0. The Bertz CT molecular complexity index is 263. The normalized spacial score (nSPS) is 8.50. The smallest absolute Gasteiger partial charge is 0.320 e. The zero-order valence-electron chi connectivity index (χ0n) is 6.79. The van der Waals surface area contributed by atoms with E-state index in [1.165, 1.54) is 11.3 Å². The summed E-state index contributed by atoms with van der Waals surface area (Å²) >= 11 is 1.50. The fourth-order valence-corrected chi connectivity index (χ4v) is 1.14. The van der Waals surface area contributed by atoms with Crippen LogP contribution in [0.15, 0.2) is 5.38 Å². The molecule has 0 aromatic carbocycles. The molecule has 12 heavy (non-hydrogen) atoms. The van der Waals surface area contributed by atoms with E-state index in [2.05, 4.69) is 15.6 Å². The third-order valence-electron chi connectivity index (χ3n) is 1.09. The molecule has 0 spiro atoms. The first kappa shape index (κ1) is 11.5. The minimum absolute atomic E-state index is 0. The quantitative estimate of drug-likeness (QED) is 0.750. The second-order valence-corrected chi connectivity index (χ2v) is 3.02. The largest absolute Gasteiger partial charge is 0.341 e. The van der Waals surface area contributed by atoms with Crippen LogP contribution < -0.4 is 10.6 Å². The van der Waals surface area contributed by atoms with Crippen LogP contribution in [0.3, 0.4) is 0 Å². The molecule has 6 heteroatoms. The van der Waals surface area contributed by atoms with Gasteiger partial charge in [0.15, 0.2) is 0 Å². The maximum Gasteiger partial charge on any atom is 0.320 e. The van der Waals surface area contributed by atoms with Crippen molar-refractivity contribution >= 4 is 23.2 Å². The van der Waals surface area contributed by atoms with E-state index in [-0.39, 0.29) is 24.6 Å². The van der Waals surface area contributed by atoms with Crippen molar-refractivity contribution in [3.05, 3.63) is 10.4 Å². The van der Waals surface area contributed by atoms with Crippen LogP contribution in [0.4, 0.5) is 10.6 Å². The standard InChI is InChI=1S/C6H9N3OS.V/c1-4-8-5(3-11-4)9-6(10)7-2;/h3H,1-2H3,(H2,7,9,10);. The number of thiazole rings is 1. The summed E-state index contributed by atoms with van der Waals surface area (Å²) in [7, 11) is 1.56. The number of rotatable bonds is 1. The molecule has 0 unspecified atom stereocenters. The molecule has 0 saturated carbocycles. The van der Waals surface area contributed by atoms with Gasteiger partial charge in [-0.25, -0.2) is 9.78 Å². The Morgan fingerprint density at radius 2 is 2.33 bits per heavy atom. The molecule has 1 rings (SSSR count). The number of nitrogens with one attached hydrogen (secondary N) is 2. The molecule has 1 aromatic rings. The number of carbonyl (C=O) groups excluding carboxylic acids is 1.